The van der Waals surface area contributed by atoms with Crippen LogP contribution in [0.2, 0.25) is 0 Å². The molecule has 0 saturated carbocycles. The zero-order valence-corrected chi connectivity index (χ0v) is 14.2. The molecular formula is C18H24N4O2. The molecule has 0 unspecified atom stereocenters. The van der Waals surface area contributed by atoms with Crippen molar-refractivity contribution in [2.75, 3.05) is 33.9 Å². The predicted molar refractivity (Wildman–Crippen MR) is 92.8 cm³/mol. The minimum atomic E-state index is -0.127. The zero-order valence-electron chi connectivity index (χ0n) is 14.2. The van der Waals surface area contributed by atoms with Crippen molar-refractivity contribution in [2.24, 2.45) is 0 Å². The van der Waals surface area contributed by atoms with E-state index in [-0.39, 0.29) is 11.4 Å². The van der Waals surface area contributed by atoms with Gasteiger partial charge in [0.1, 0.15) is 11.5 Å². The first-order chi connectivity index (χ1) is 11.6. The molecule has 1 aromatic heterocycles. The van der Waals surface area contributed by atoms with E-state index in [2.05, 4.69) is 34.3 Å². The Morgan fingerprint density at radius 3 is 2.67 bits per heavy atom. The molecule has 1 aromatic carbocycles. The number of imidazole rings is 1. The average molecular weight is 328 g/mol. The van der Waals surface area contributed by atoms with Crippen molar-refractivity contribution in [3.8, 4) is 11.4 Å². The van der Waals surface area contributed by atoms with Crippen LogP contribution >= 0.6 is 0 Å². The molecule has 1 amide bonds. The molecule has 24 heavy (non-hydrogen) atoms. The fourth-order valence-electron chi connectivity index (χ4n) is 3.05. The van der Waals surface area contributed by atoms with E-state index in [9.17, 15) is 4.79 Å². The summed E-state index contributed by atoms with van der Waals surface area (Å²) in [5.74, 6) is 0.575. The Morgan fingerprint density at radius 2 is 2.00 bits per heavy atom. The molecule has 2 heterocycles. The summed E-state index contributed by atoms with van der Waals surface area (Å²) in [4.78, 5) is 22.1. The highest BCUT2D eigenvalue weighted by molar-refractivity contribution is 5.92. The molecule has 0 aliphatic carbocycles. The average Bonchev–Trinajstić information content (AvgIpc) is 3.11. The van der Waals surface area contributed by atoms with Gasteiger partial charge in [0, 0.05) is 30.9 Å². The quantitative estimate of drug-likeness (QED) is 0.880. The molecule has 0 radical (unpaired) electrons. The van der Waals surface area contributed by atoms with Gasteiger partial charge in [-0.05, 0) is 26.9 Å². The zero-order chi connectivity index (χ0) is 17.0. The van der Waals surface area contributed by atoms with Crippen LogP contribution < -0.4 is 5.32 Å². The van der Waals surface area contributed by atoms with Crippen LogP contribution in [-0.2, 0) is 4.74 Å². The number of nitrogens with one attached hydrogen (secondary N) is 2. The van der Waals surface area contributed by atoms with E-state index in [0.717, 1.165) is 31.6 Å². The van der Waals surface area contributed by atoms with Crippen LogP contribution in [0.4, 0.5) is 0 Å². The molecule has 3 rings (SSSR count). The van der Waals surface area contributed by atoms with Crippen LogP contribution in [0.5, 0.6) is 0 Å². The first kappa shape index (κ1) is 16.7. The number of hydrogen-bond acceptors (Lipinski definition) is 4. The summed E-state index contributed by atoms with van der Waals surface area (Å²) in [6.45, 7) is 2.06. The van der Waals surface area contributed by atoms with E-state index >= 15 is 0 Å². The lowest BCUT2D eigenvalue weighted by molar-refractivity contribution is -0.00659. The number of aromatic nitrogens is 2. The molecule has 1 aliphatic rings. The molecule has 6 nitrogen and oxygen atoms in total. The number of aromatic amines is 1. The highest BCUT2D eigenvalue weighted by Crippen LogP contribution is 2.25. The topological polar surface area (TPSA) is 70.2 Å². The highest BCUT2D eigenvalue weighted by Gasteiger charge is 2.35. The summed E-state index contributed by atoms with van der Waals surface area (Å²) in [6.07, 6.45) is 3.42. The van der Waals surface area contributed by atoms with Crippen molar-refractivity contribution < 1.29 is 9.53 Å². The molecule has 0 spiro atoms. The summed E-state index contributed by atoms with van der Waals surface area (Å²) in [5, 5.41) is 3.05. The Balaban J connectivity index is 1.66. The molecule has 2 aromatic rings. The summed E-state index contributed by atoms with van der Waals surface area (Å²) >= 11 is 0. The maximum atomic E-state index is 12.5. The number of carbonyl (C=O) groups is 1. The van der Waals surface area contributed by atoms with Crippen molar-refractivity contribution in [1.29, 1.82) is 0 Å². The smallest absolute Gasteiger partial charge is 0.269 e. The second kappa shape index (κ2) is 7.15. The molecule has 1 aliphatic heterocycles. The monoisotopic (exact) mass is 328 g/mol. The van der Waals surface area contributed by atoms with Gasteiger partial charge in [-0.2, -0.15) is 0 Å². The van der Waals surface area contributed by atoms with E-state index in [1.165, 1.54) is 0 Å². The third-order valence-corrected chi connectivity index (χ3v) is 4.82. The Morgan fingerprint density at radius 1 is 1.29 bits per heavy atom. The number of H-pyrrole nitrogens is 1. The highest BCUT2D eigenvalue weighted by atomic mass is 16.5. The normalized spacial score (nSPS) is 17.0. The maximum Gasteiger partial charge on any atom is 0.269 e. The molecule has 0 atom stereocenters. The first-order valence-corrected chi connectivity index (χ1v) is 8.24. The van der Waals surface area contributed by atoms with Crippen LogP contribution in [0.15, 0.2) is 36.5 Å². The second-order valence-corrected chi connectivity index (χ2v) is 6.43. The number of likely N-dealkylation sites (N-methyl/N-ethyl adjacent to an activating group) is 1. The van der Waals surface area contributed by atoms with Gasteiger partial charge in [0.25, 0.3) is 5.91 Å². The first-order valence-electron chi connectivity index (χ1n) is 8.24. The van der Waals surface area contributed by atoms with Gasteiger partial charge in [0.05, 0.1) is 6.20 Å². The molecular weight excluding hydrogens is 304 g/mol. The number of benzene rings is 1. The Kier molecular flexibility index (Phi) is 4.97. The number of ether oxygens (including phenoxy) is 1. The van der Waals surface area contributed by atoms with Crippen molar-refractivity contribution >= 4 is 5.91 Å². The number of amides is 1. The largest absolute Gasteiger partial charge is 0.381 e. The fourth-order valence-corrected chi connectivity index (χ4v) is 3.05. The lowest BCUT2D eigenvalue weighted by Gasteiger charge is -2.42. The van der Waals surface area contributed by atoms with Crippen LogP contribution in [-0.4, -0.2) is 60.2 Å². The Labute approximate surface area is 142 Å². The predicted octanol–water partition coefficient (Wildman–Crippen LogP) is 1.92. The van der Waals surface area contributed by atoms with E-state index in [0.29, 0.717) is 18.1 Å². The van der Waals surface area contributed by atoms with Gasteiger partial charge < -0.3 is 19.9 Å². The van der Waals surface area contributed by atoms with Crippen molar-refractivity contribution in [2.45, 2.75) is 18.4 Å². The lowest BCUT2D eigenvalue weighted by atomic mass is 9.88. The number of rotatable bonds is 5. The second-order valence-electron chi connectivity index (χ2n) is 6.43. The standard InChI is InChI=1S/C18H24N4O2/c1-22(2)18(8-10-24-11-9-18)13-20-17(23)15-12-19-16(21-15)14-6-4-3-5-7-14/h3-7,12H,8-11,13H2,1-2H3,(H,19,21)(H,20,23). The molecule has 1 saturated heterocycles. The minimum Gasteiger partial charge on any atom is -0.381 e. The Hall–Kier alpha value is -2.18. The number of carbonyl (C=O) groups excluding carboxylic acids is 1. The molecule has 2 N–H and O–H groups in total. The van der Waals surface area contributed by atoms with Gasteiger partial charge in [-0.1, -0.05) is 30.3 Å². The summed E-state index contributed by atoms with van der Waals surface area (Å²) < 4.78 is 5.46. The van der Waals surface area contributed by atoms with Gasteiger partial charge >= 0.3 is 0 Å². The number of hydrogen-bond donors (Lipinski definition) is 2. The van der Waals surface area contributed by atoms with Crippen molar-refractivity contribution in [3.05, 3.63) is 42.2 Å². The van der Waals surface area contributed by atoms with Gasteiger partial charge in [0.15, 0.2) is 0 Å². The van der Waals surface area contributed by atoms with Crippen molar-refractivity contribution in [1.82, 2.24) is 20.2 Å². The lowest BCUT2D eigenvalue weighted by Crippen LogP contribution is -2.55. The van der Waals surface area contributed by atoms with Crippen LogP contribution in [0.3, 0.4) is 0 Å². The maximum absolute atomic E-state index is 12.5. The van der Waals surface area contributed by atoms with Crippen LogP contribution in [0.1, 0.15) is 23.3 Å². The van der Waals surface area contributed by atoms with Gasteiger partial charge in [0.2, 0.25) is 0 Å². The summed E-state index contributed by atoms with van der Waals surface area (Å²) in [6, 6.07) is 9.77. The molecule has 1 fully saturated rings. The Bertz CT molecular complexity index is 675. The van der Waals surface area contributed by atoms with E-state index in [4.69, 9.17) is 4.74 Å². The number of nitrogens with zero attached hydrogens (tertiary/aromatic N) is 2. The minimum absolute atomic E-state index is 0.0454. The summed E-state index contributed by atoms with van der Waals surface area (Å²) in [7, 11) is 4.11. The molecule has 6 heteroatoms. The van der Waals surface area contributed by atoms with Crippen LogP contribution in [0, 0.1) is 0 Å². The van der Waals surface area contributed by atoms with Gasteiger partial charge in [-0.3, -0.25) is 4.79 Å². The van der Waals surface area contributed by atoms with Gasteiger partial charge in [-0.15, -0.1) is 0 Å². The third kappa shape index (κ3) is 3.49. The molecule has 128 valence electrons. The van der Waals surface area contributed by atoms with Crippen LogP contribution in [0.25, 0.3) is 11.4 Å². The SMILES string of the molecule is CN(C)C1(CNC(=O)c2cnc(-c3ccccc3)[nH]2)CCOCC1. The van der Waals surface area contributed by atoms with Crippen molar-refractivity contribution in [3.63, 3.8) is 0 Å². The molecule has 0 bridgehead atoms. The van der Waals surface area contributed by atoms with E-state index < -0.39 is 0 Å². The van der Waals surface area contributed by atoms with E-state index in [1.54, 1.807) is 6.20 Å². The third-order valence-electron chi connectivity index (χ3n) is 4.82. The fraction of sp³-hybridized carbons (Fsp3) is 0.444. The summed E-state index contributed by atoms with van der Waals surface area (Å²) in [5.41, 5.74) is 1.40. The van der Waals surface area contributed by atoms with E-state index in [1.807, 2.05) is 30.3 Å². The van der Waals surface area contributed by atoms with Gasteiger partial charge in [-0.25, -0.2) is 4.98 Å².